The highest BCUT2D eigenvalue weighted by atomic mass is 16.5. The summed E-state index contributed by atoms with van der Waals surface area (Å²) in [6.45, 7) is 8.04. The van der Waals surface area contributed by atoms with Crippen LogP contribution in [-0.2, 0) is 6.61 Å². The van der Waals surface area contributed by atoms with Crippen LogP contribution in [0.15, 0.2) is 52.9 Å². The molecule has 0 spiro atoms. The Morgan fingerprint density at radius 2 is 1.87 bits per heavy atom. The van der Waals surface area contributed by atoms with Crippen molar-refractivity contribution in [3.63, 3.8) is 0 Å². The van der Waals surface area contributed by atoms with Gasteiger partial charge in [-0.15, -0.1) is 5.10 Å². The number of aryl methyl sites for hydroxylation is 4. The van der Waals surface area contributed by atoms with Gasteiger partial charge in [0.2, 0.25) is 0 Å². The molecule has 31 heavy (non-hydrogen) atoms. The molecule has 0 unspecified atom stereocenters. The first-order chi connectivity index (χ1) is 14.9. The Hall–Kier alpha value is -3.94. The Kier molecular flexibility index (Phi) is 5.53. The summed E-state index contributed by atoms with van der Waals surface area (Å²) in [6, 6.07) is 14.9. The highest BCUT2D eigenvalue weighted by Crippen LogP contribution is 2.22. The van der Waals surface area contributed by atoms with Gasteiger partial charge in [0.25, 0.3) is 5.91 Å². The van der Waals surface area contributed by atoms with Crippen LogP contribution in [0.25, 0.3) is 5.69 Å². The molecule has 0 aliphatic rings. The molecule has 158 valence electrons. The van der Waals surface area contributed by atoms with Crippen LogP contribution in [0, 0.1) is 27.7 Å². The zero-order chi connectivity index (χ0) is 22.0. The van der Waals surface area contributed by atoms with Gasteiger partial charge < -0.3 is 14.5 Å². The first-order valence-corrected chi connectivity index (χ1v) is 9.87. The molecular weight excluding hydrogens is 394 g/mol. The zero-order valence-electron chi connectivity index (χ0n) is 17.8. The Balaban J connectivity index is 1.44. The van der Waals surface area contributed by atoms with Crippen LogP contribution in [0.3, 0.4) is 0 Å². The van der Waals surface area contributed by atoms with Crippen LogP contribution in [0.5, 0.6) is 5.75 Å². The van der Waals surface area contributed by atoms with E-state index in [4.69, 9.17) is 9.15 Å². The predicted molar refractivity (Wildman–Crippen MR) is 116 cm³/mol. The molecular formula is C23H23N5O3. The minimum Gasteiger partial charge on any atom is -0.485 e. The number of carbonyl (C=O) groups excluding carboxylic acids is 1. The number of aromatic nitrogens is 4. The Morgan fingerprint density at radius 3 is 2.61 bits per heavy atom. The molecule has 0 radical (unpaired) electrons. The summed E-state index contributed by atoms with van der Waals surface area (Å²) >= 11 is 0. The van der Waals surface area contributed by atoms with E-state index >= 15 is 0 Å². The highest BCUT2D eigenvalue weighted by Gasteiger charge is 2.14. The summed E-state index contributed by atoms with van der Waals surface area (Å²) in [7, 11) is 0. The van der Waals surface area contributed by atoms with Crippen molar-refractivity contribution in [2.24, 2.45) is 0 Å². The maximum absolute atomic E-state index is 12.7. The molecule has 2 heterocycles. The van der Waals surface area contributed by atoms with Crippen molar-refractivity contribution in [3.8, 4) is 11.4 Å². The maximum atomic E-state index is 12.7. The number of anilines is 1. The quantitative estimate of drug-likeness (QED) is 0.502. The molecule has 0 saturated carbocycles. The molecule has 8 nitrogen and oxygen atoms in total. The normalized spacial score (nSPS) is 10.8. The highest BCUT2D eigenvalue weighted by molar-refractivity contribution is 6.02. The van der Waals surface area contributed by atoms with E-state index in [1.54, 1.807) is 16.8 Å². The van der Waals surface area contributed by atoms with Crippen LogP contribution in [0.2, 0.25) is 0 Å². The molecule has 0 aliphatic carbocycles. The number of benzene rings is 2. The van der Waals surface area contributed by atoms with Crippen molar-refractivity contribution in [1.29, 1.82) is 0 Å². The number of hydrogen-bond donors (Lipinski definition) is 1. The number of furan rings is 1. The van der Waals surface area contributed by atoms with Gasteiger partial charge in [-0.1, -0.05) is 23.8 Å². The second-order valence-corrected chi connectivity index (χ2v) is 7.42. The fraction of sp³-hybridized carbons (Fsp3) is 0.217. The molecule has 0 atom stereocenters. The lowest BCUT2D eigenvalue weighted by Gasteiger charge is -2.10. The van der Waals surface area contributed by atoms with E-state index in [0.717, 1.165) is 22.6 Å². The molecule has 8 heteroatoms. The molecule has 4 rings (SSSR count). The number of nitrogens with zero attached hydrogens (tertiary/aromatic N) is 4. The maximum Gasteiger partial charge on any atom is 0.291 e. The van der Waals surface area contributed by atoms with Crippen LogP contribution in [0.4, 0.5) is 5.69 Å². The van der Waals surface area contributed by atoms with E-state index in [0.29, 0.717) is 17.3 Å². The van der Waals surface area contributed by atoms with E-state index in [9.17, 15) is 4.79 Å². The smallest absolute Gasteiger partial charge is 0.291 e. The van der Waals surface area contributed by atoms with Gasteiger partial charge in [-0.05, 0) is 79.6 Å². The van der Waals surface area contributed by atoms with E-state index in [2.05, 4.69) is 26.9 Å². The number of carbonyl (C=O) groups is 1. The Bertz CT molecular complexity index is 1240. The summed E-state index contributed by atoms with van der Waals surface area (Å²) in [4.78, 5) is 12.7. The van der Waals surface area contributed by atoms with E-state index in [1.165, 1.54) is 5.56 Å². The number of rotatable bonds is 6. The van der Waals surface area contributed by atoms with Gasteiger partial charge in [0, 0.05) is 5.69 Å². The monoisotopic (exact) mass is 417 g/mol. The third-order valence-electron chi connectivity index (χ3n) is 4.91. The molecule has 1 N–H and O–H groups in total. The summed E-state index contributed by atoms with van der Waals surface area (Å²) in [6.07, 6.45) is 0. The average molecular weight is 417 g/mol. The summed E-state index contributed by atoms with van der Waals surface area (Å²) < 4.78 is 13.1. The number of hydrogen-bond acceptors (Lipinski definition) is 6. The summed E-state index contributed by atoms with van der Waals surface area (Å²) in [5.74, 6) is 1.88. The average Bonchev–Trinajstić information content (AvgIpc) is 3.38. The van der Waals surface area contributed by atoms with Gasteiger partial charge in [-0.3, -0.25) is 4.79 Å². The fourth-order valence-corrected chi connectivity index (χ4v) is 3.25. The second-order valence-electron chi connectivity index (χ2n) is 7.42. The van der Waals surface area contributed by atoms with Crippen LogP contribution in [0.1, 0.15) is 38.8 Å². The number of nitrogens with one attached hydrogen (secondary N) is 1. The third-order valence-corrected chi connectivity index (χ3v) is 4.91. The lowest BCUT2D eigenvalue weighted by Crippen LogP contribution is -2.12. The summed E-state index contributed by atoms with van der Waals surface area (Å²) in [5, 5.41) is 14.4. The molecule has 0 bridgehead atoms. The number of tetrazole rings is 1. The van der Waals surface area contributed by atoms with Crippen LogP contribution < -0.4 is 10.1 Å². The molecule has 0 fully saturated rings. The number of ether oxygens (including phenoxy) is 1. The van der Waals surface area contributed by atoms with Crippen molar-refractivity contribution in [3.05, 3.63) is 82.6 Å². The first kappa shape index (κ1) is 20.3. The van der Waals surface area contributed by atoms with Crippen molar-refractivity contribution in [2.45, 2.75) is 34.3 Å². The van der Waals surface area contributed by atoms with Crippen LogP contribution >= 0.6 is 0 Å². The minimum absolute atomic E-state index is 0.208. The van der Waals surface area contributed by atoms with Gasteiger partial charge in [0.05, 0.1) is 5.69 Å². The van der Waals surface area contributed by atoms with Crippen molar-refractivity contribution >= 4 is 11.6 Å². The third kappa shape index (κ3) is 4.48. The molecule has 0 aliphatic heterocycles. The van der Waals surface area contributed by atoms with E-state index in [-0.39, 0.29) is 18.3 Å². The minimum atomic E-state index is -0.346. The largest absolute Gasteiger partial charge is 0.485 e. The van der Waals surface area contributed by atoms with Crippen LogP contribution in [-0.4, -0.2) is 26.1 Å². The second kappa shape index (κ2) is 8.43. The van der Waals surface area contributed by atoms with Crippen molar-refractivity contribution in [1.82, 2.24) is 20.2 Å². The summed E-state index contributed by atoms with van der Waals surface area (Å²) in [5.41, 5.74) is 4.62. The Labute approximate surface area is 179 Å². The van der Waals surface area contributed by atoms with Gasteiger partial charge >= 0.3 is 0 Å². The number of amides is 1. The molecule has 1 amide bonds. The van der Waals surface area contributed by atoms with Gasteiger partial charge in [0.1, 0.15) is 18.1 Å². The molecule has 2 aromatic heterocycles. The lowest BCUT2D eigenvalue weighted by molar-refractivity contribution is 0.0992. The molecule has 2 aromatic carbocycles. The van der Waals surface area contributed by atoms with E-state index < -0.39 is 0 Å². The zero-order valence-corrected chi connectivity index (χ0v) is 17.8. The Morgan fingerprint density at radius 1 is 1.03 bits per heavy atom. The molecule has 0 saturated heterocycles. The lowest BCUT2D eigenvalue weighted by atomic mass is 10.1. The standard InChI is InChI=1S/C23H23N5O3/c1-14-5-9-21(16(3)11-14)30-13-19-8-10-22(31-19)23(29)24-18-7-6-15(2)20(12-18)28-17(4)25-26-27-28/h5-12H,13H2,1-4H3,(H,24,29). The van der Waals surface area contributed by atoms with Crippen molar-refractivity contribution in [2.75, 3.05) is 5.32 Å². The SMILES string of the molecule is Cc1ccc(OCc2ccc(C(=O)Nc3ccc(C)c(-n4nnnc4C)c3)o2)c(C)c1. The molecule has 4 aromatic rings. The van der Waals surface area contributed by atoms with Gasteiger partial charge in [-0.2, -0.15) is 4.68 Å². The van der Waals surface area contributed by atoms with Crippen molar-refractivity contribution < 1.29 is 13.9 Å². The van der Waals surface area contributed by atoms with E-state index in [1.807, 2.05) is 58.0 Å². The topological polar surface area (TPSA) is 95.1 Å². The first-order valence-electron chi connectivity index (χ1n) is 9.87. The van der Waals surface area contributed by atoms with Gasteiger partial charge in [0.15, 0.2) is 11.6 Å². The van der Waals surface area contributed by atoms with Gasteiger partial charge in [-0.25, -0.2) is 0 Å². The fourth-order valence-electron chi connectivity index (χ4n) is 3.25. The predicted octanol–water partition coefficient (Wildman–Crippen LogP) is 4.32.